The van der Waals surface area contributed by atoms with Crippen molar-refractivity contribution in [2.45, 2.75) is 44.6 Å². The number of likely N-dealkylation sites (tertiary alicyclic amines) is 1. The highest BCUT2D eigenvalue weighted by Crippen LogP contribution is 2.35. The minimum Gasteiger partial charge on any atom is -0.334 e. The van der Waals surface area contributed by atoms with Crippen LogP contribution >= 0.6 is 11.6 Å². The molecule has 5 heteroatoms. The van der Waals surface area contributed by atoms with Gasteiger partial charge in [0.05, 0.1) is 12.4 Å². The number of amides is 1. The normalized spacial score (nSPS) is 24.1. The van der Waals surface area contributed by atoms with E-state index < -0.39 is 0 Å². The number of carbonyl (C=O) groups excluding carboxylic acids is 1. The van der Waals surface area contributed by atoms with E-state index in [2.05, 4.69) is 9.97 Å². The number of rotatable bonds is 2. The summed E-state index contributed by atoms with van der Waals surface area (Å²) in [4.78, 5) is 22.6. The average molecular weight is 280 g/mol. The fourth-order valence-corrected chi connectivity index (χ4v) is 3.54. The fourth-order valence-electron chi connectivity index (χ4n) is 3.45. The predicted octanol–water partition coefficient (Wildman–Crippen LogP) is 2.92. The molecule has 1 aromatic rings. The van der Waals surface area contributed by atoms with Crippen molar-refractivity contribution in [1.29, 1.82) is 0 Å². The lowest BCUT2D eigenvalue weighted by Crippen LogP contribution is -2.39. The van der Waals surface area contributed by atoms with Crippen molar-refractivity contribution >= 4 is 17.5 Å². The first kappa shape index (κ1) is 12.9. The zero-order valence-electron chi connectivity index (χ0n) is 10.9. The van der Waals surface area contributed by atoms with Gasteiger partial charge in [-0.25, -0.2) is 9.97 Å². The molecular formula is C14H18ClN3O. The highest BCUT2D eigenvalue weighted by molar-refractivity contribution is 6.29. The van der Waals surface area contributed by atoms with Gasteiger partial charge in [-0.1, -0.05) is 24.4 Å². The summed E-state index contributed by atoms with van der Waals surface area (Å²) in [6.45, 7) is 0.851. The Hall–Kier alpha value is -1.16. The van der Waals surface area contributed by atoms with Crippen LogP contribution in [-0.2, 0) is 0 Å². The van der Waals surface area contributed by atoms with Gasteiger partial charge in [0, 0.05) is 12.6 Å². The SMILES string of the molecule is O=C(c1cnc(Cl)cn1)N1CCCC1C1CCCC1. The minimum absolute atomic E-state index is 0.0126. The Morgan fingerprint density at radius 3 is 2.63 bits per heavy atom. The molecule has 1 aliphatic carbocycles. The van der Waals surface area contributed by atoms with Crippen LogP contribution in [0.2, 0.25) is 5.15 Å². The number of nitrogens with zero attached hydrogens (tertiary/aromatic N) is 3. The summed E-state index contributed by atoms with van der Waals surface area (Å²) in [6, 6.07) is 0.410. The molecule has 2 fully saturated rings. The minimum atomic E-state index is 0.0126. The van der Waals surface area contributed by atoms with Crippen molar-refractivity contribution in [3.05, 3.63) is 23.2 Å². The maximum absolute atomic E-state index is 12.5. The van der Waals surface area contributed by atoms with Gasteiger partial charge in [-0.15, -0.1) is 0 Å². The van der Waals surface area contributed by atoms with E-state index >= 15 is 0 Å². The van der Waals surface area contributed by atoms with Crippen molar-refractivity contribution in [1.82, 2.24) is 14.9 Å². The third-order valence-electron chi connectivity index (χ3n) is 4.34. The van der Waals surface area contributed by atoms with E-state index in [9.17, 15) is 4.79 Å². The fraction of sp³-hybridized carbons (Fsp3) is 0.643. The molecule has 1 atom stereocenters. The highest BCUT2D eigenvalue weighted by atomic mass is 35.5. The Morgan fingerprint density at radius 2 is 1.95 bits per heavy atom. The van der Waals surface area contributed by atoms with E-state index in [-0.39, 0.29) is 5.91 Å². The molecule has 1 aliphatic heterocycles. The molecule has 1 saturated carbocycles. The summed E-state index contributed by atoms with van der Waals surface area (Å²) < 4.78 is 0. The highest BCUT2D eigenvalue weighted by Gasteiger charge is 2.36. The maximum Gasteiger partial charge on any atom is 0.274 e. The third-order valence-corrected chi connectivity index (χ3v) is 4.54. The molecule has 1 unspecified atom stereocenters. The first-order valence-electron chi connectivity index (χ1n) is 7.04. The van der Waals surface area contributed by atoms with Gasteiger partial charge in [0.1, 0.15) is 10.8 Å². The summed E-state index contributed by atoms with van der Waals surface area (Å²) in [5.41, 5.74) is 0.411. The van der Waals surface area contributed by atoms with E-state index in [1.54, 1.807) is 0 Å². The van der Waals surface area contributed by atoms with E-state index in [0.29, 0.717) is 22.8 Å². The summed E-state index contributed by atoms with van der Waals surface area (Å²) in [6.07, 6.45) is 10.3. The topological polar surface area (TPSA) is 46.1 Å². The van der Waals surface area contributed by atoms with Crippen molar-refractivity contribution < 1.29 is 4.79 Å². The second-order valence-corrected chi connectivity index (χ2v) is 5.86. The molecule has 1 aromatic heterocycles. The Morgan fingerprint density at radius 1 is 1.16 bits per heavy atom. The molecule has 2 heterocycles. The second-order valence-electron chi connectivity index (χ2n) is 5.48. The van der Waals surface area contributed by atoms with E-state index in [4.69, 9.17) is 11.6 Å². The molecule has 102 valence electrons. The third kappa shape index (κ3) is 2.59. The van der Waals surface area contributed by atoms with Crippen molar-refractivity contribution in [3.63, 3.8) is 0 Å². The zero-order chi connectivity index (χ0) is 13.2. The van der Waals surface area contributed by atoms with Crippen molar-refractivity contribution in [2.75, 3.05) is 6.54 Å². The largest absolute Gasteiger partial charge is 0.334 e. The standard InChI is InChI=1S/C14H18ClN3O/c15-13-9-16-11(8-17-13)14(19)18-7-3-6-12(18)10-4-1-2-5-10/h8-10,12H,1-7H2. The quantitative estimate of drug-likeness (QED) is 0.836. The van der Waals surface area contributed by atoms with E-state index in [0.717, 1.165) is 19.4 Å². The molecule has 1 saturated heterocycles. The van der Waals surface area contributed by atoms with Crippen molar-refractivity contribution in [3.8, 4) is 0 Å². The van der Waals surface area contributed by atoms with Gasteiger partial charge in [-0.05, 0) is 31.6 Å². The van der Waals surface area contributed by atoms with Crippen LogP contribution in [0.5, 0.6) is 0 Å². The van der Waals surface area contributed by atoms with Crippen LogP contribution < -0.4 is 0 Å². The van der Waals surface area contributed by atoms with Crippen LogP contribution in [0.25, 0.3) is 0 Å². The lowest BCUT2D eigenvalue weighted by molar-refractivity contribution is 0.0682. The molecule has 4 nitrogen and oxygen atoms in total. The monoisotopic (exact) mass is 279 g/mol. The predicted molar refractivity (Wildman–Crippen MR) is 73.1 cm³/mol. The molecule has 0 N–H and O–H groups in total. The van der Waals surface area contributed by atoms with E-state index in [1.165, 1.54) is 38.1 Å². The smallest absolute Gasteiger partial charge is 0.274 e. The molecular weight excluding hydrogens is 262 g/mol. The van der Waals surface area contributed by atoms with Gasteiger partial charge in [-0.2, -0.15) is 0 Å². The van der Waals surface area contributed by atoms with E-state index in [1.807, 2.05) is 4.90 Å². The van der Waals surface area contributed by atoms with Crippen LogP contribution in [-0.4, -0.2) is 33.4 Å². The molecule has 0 radical (unpaired) electrons. The Kier molecular flexibility index (Phi) is 3.69. The molecule has 3 rings (SSSR count). The first-order valence-corrected chi connectivity index (χ1v) is 7.42. The Bertz CT molecular complexity index is 456. The molecule has 0 aromatic carbocycles. The van der Waals surface area contributed by atoms with Crippen LogP contribution in [0.4, 0.5) is 0 Å². The van der Waals surface area contributed by atoms with Gasteiger partial charge in [0.25, 0.3) is 5.91 Å². The summed E-state index contributed by atoms with van der Waals surface area (Å²) in [5.74, 6) is 0.699. The summed E-state index contributed by atoms with van der Waals surface area (Å²) in [7, 11) is 0. The molecule has 2 aliphatic rings. The lowest BCUT2D eigenvalue weighted by Gasteiger charge is -2.29. The summed E-state index contributed by atoms with van der Waals surface area (Å²) in [5, 5.41) is 0.324. The van der Waals surface area contributed by atoms with Crippen LogP contribution in [0.3, 0.4) is 0 Å². The van der Waals surface area contributed by atoms with Crippen LogP contribution in [0.1, 0.15) is 49.0 Å². The lowest BCUT2D eigenvalue weighted by atomic mass is 9.96. The molecule has 19 heavy (non-hydrogen) atoms. The van der Waals surface area contributed by atoms with Crippen LogP contribution in [0, 0.1) is 5.92 Å². The van der Waals surface area contributed by atoms with Gasteiger partial charge >= 0.3 is 0 Å². The zero-order valence-corrected chi connectivity index (χ0v) is 11.6. The van der Waals surface area contributed by atoms with Gasteiger partial charge in [0.2, 0.25) is 0 Å². The maximum atomic E-state index is 12.5. The molecule has 0 spiro atoms. The number of hydrogen-bond acceptors (Lipinski definition) is 3. The number of halogens is 1. The van der Waals surface area contributed by atoms with Gasteiger partial charge < -0.3 is 4.90 Å². The molecule has 0 bridgehead atoms. The average Bonchev–Trinajstić information content (AvgIpc) is 3.09. The Balaban J connectivity index is 1.76. The van der Waals surface area contributed by atoms with Gasteiger partial charge in [0.15, 0.2) is 0 Å². The summed E-state index contributed by atoms with van der Waals surface area (Å²) >= 11 is 5.71. The number of carbonyl (C=O) groups is 1. The second kappa shape index (κ2) is 5.45. The number of aromatic nitrogens is 2. The van der Waals surface area contributed by atoms with Crippen molar-refractivity contribution in [2.24, 2.45) is 5.92 Å². The van der Waals surface area contributed by atoms with Crippen LogP contribution in [0.15, 0.2) is 12.4 Å². The number of hydrogen-bond donors (Lipinski definition) is 0. The molecule has 1 amide bonds. The van der Waals surface area contributed by atoms with Gasteiger partial charge in [-0.3, -0.25) is 4.79 Å². The first-order chi connectivity index (χ1) is 9.25. The Labute approximate surface area is 118 Å².